The van der Waals surface area contributed by atoms with Crippen LogP contribution in [0, 0.1) is 3.57 Å². The lowest BCUT2D eigenvalue weighted by atomic mass is 10.1. The molecule has 0 bridgehead atoms. The van der Waals surface area contributed by atoms with Gasteiger partial charge in [-0.15, -0.1) is 0 Å². The molecule has 2 aromatic carbocycles. The van der Waals surface area contributed by atoms with Gasteiger partial charge in [-0.05, 0) is 84.0 Å². The van der Waals surface area contributed by atoms with E-state index in [1.54, 1.807) is 12.1 Å². The number of imide groups is 1. The SMILES string of the molecule is O=C1CC(N(C2CCCCCC2)S(=O)(=O)c2ccc(Cl)cc2)C(=O)N1c1ccc(I)cc1. The fourth-order valence-corrected chi connectivity index (χ4v) is 6.85. The molecule has 1 aliphatic carbocycles. The van der Waals surface area contributed by atoms with Crippen LogP contribution in [-0.2, 0) is 19.6 Å². The Balaban J connectivity index is 1.74. The molecule has 9 heteroatoms. The van der Waals surface area contributed by atoms with Gasteiger partial charge in [-0.2, -0.15) is 4.31 Å². The average Bonchev–Trinajstić information content (AvgIpc) is 2.93. The van der Waals surface area contributed by atoms with Gasteiger partial charge in [0.25, 0.3) is 5.91 Å². The Morgan fingerprint density at radius 1 is 0.906 bits per heavy atom. The Hall–Kier alpha value is -1.49. The molecule has 0 radical (unpaired) electrons. The molecule has 1 heterocycles. The molecule has 170 valence electrons. The number of anilines is 1. The molecular formula is C23H24ClIN2O4S. The minimum Gasteiger partial charge on any atom is -0.274 e. The Morgan fingerprint density at radius 3 is 2.09 bits per heavy atom. The van der Waals surface area contributed by atoms with Gasteiger partial charge in [0.15, 0.2) is 0 Å². The van der Waals surface area contributed by atoms with E-state index >= 15 is 0 Å². The quantitative estimate of drug-likeness (QED) is 0.281. The first-order valence-corrected chi connectivity index (χ1v) is 13.6. The lowest BCUT2D eigenvalue weighted by Gasteiger charge is -2.33. The zero-order valence-electron chi connectivity index (χ0n) is 17.4. The van der Waals surface area contributed by atoms with Crippen LogP contribution in [-0.4, -0.2) is 36.6 Å². The number of carbonyl (C=O) groups excluding carboxylic acids is 2. The molecule has 4 rings (SSSR count). The maximum atomic E-state index is 13.8. The highest BCUT2D eigenvalue weighted by Gasteiger charge is 2.49. The third-order valence-corrected chi connectivity index (χ3v) is 9.04. The van der Waals surface area contributed by atoms with E-state index in [1.165, 1.54) is 28.6 Å². The van der Waals surface area contributed by atoms with E-state index in [2.05, 4.69) is 22.6 Å². The highest BCUT2D eigenvalue weighted by Crippen LogP contribution is 2.35. The van der Waals surface area contributed by atoms with Gasteiger partial charge in [0.2, 0.25) is 15.9 Å². The van der Waals surface area contributed by atoms with Crippen LogP contribution in [0.2, 0.25) is 5.02 Å². The van der Waals surface area contributed by atoms with Gasteiger partial charge in [0, 0.05) is 14.6 Å². The fraction of sp³-hybridized carbons (Fsp3) is 0.391. The minimum atomic E-state index is -4.01. The molecule has 0 aromatic heterocycles. The first-order chi connectivity index (χ1) is 15.3. The average molecular weight is 587 g/mol. The summed E-state index contributed by atoms with van der Waals surface area (Å²) in [5.41, 5.74) is 0.465. The van der Waals surface area contributed by atoms with Crippen molar-refractivity contribution < 1.29 is 18.0 Å². The number of sulfonamides is 1. The van der Waals surface area contributed by atoms with Crippen molar-refractivity contribution >= 4 is 61.7 Å². The lowest BCUT2D eigenvalue weighted by molar-refractivity contribution is -0.122. The van der Waals surface area contributed by atoms with E-state index in [0.29, 0.717) is 23.6 Å². The predicted octanol–water partition coefficient (Wildman–Crippen LogP) is 4.99. The predicted molar refractivity (Wildman–Crippen MR) is 132 cm³/mol. The van der Waals surface area contributed by atoms with Crippen molar-refractivity contribution in [3.8, 4) is 0 Å². The zero-order chi connectivity index (χ0) is 22.9. The highest BCUT2D eigenvalue weighted by molar-refractivity contribution is 14.1. The lowest BCUT2D eigenvalue weighted by Crippen LogP contribution is -2.50. The first kappa shape index (κ1) is 23.7. The number of carbonyl (C=O) groups is 2. The summed E-state index contributed by atoms with van der Waals surface area (Å²) in [6, 6.07) is 11.7. The van der Waals surface area contributed by atoms with Crippen molar-refractivity contribution in [2.75, 3.05) is 4.90 Å². The van der Waals surface area contributed by atoms with Crippen LogP contribution >= 0.6 is 34.2 Å². The Morgan fingerprint density at radius 2 is 1.50 bits per heavy atom. The maximum absolute atomic E-state index is 13.8. The summed E-state index contributed by atoms with van der Waals surface area (Å²) in [6.45, 7) is 0. The largest absolute Gasteiger partial charge is 0.274 e. The molecule has 1 unspecified atom stereocenters. The molecule has 6 nitrogen and oxygen atoms in total. The molecule has 2 aromatic rings. The molecule has 1 atom stereocenters. The van der Waals surface area contributed by atoms with Crippen LogP contribution < -0.4 is 4.90 Å². The number of amides is 2. The molecule has 0 N–H and O–H groups in total. The summed E-state index contributed by atoms with van der Waals surface area (Å²) in [7, 11) is -4.01. The zero-order valence-corrected chi connectivity index (χ0v) is 21.1. The molecule has 2 aliphatic rings. The van der Waals surface area contributed by atoms with Crippen LogP contribution in [0.3, 0.4) is 0 Å². The van der Waals surface area contributed by atoms with Crippen molar-refractivity contribution in [2.45, 2.75) is 61.9 Å². The number of hydrogen-bond acceptors (Lipinski definition) is 4. The molecule has 1 saturated carbocycles. The molecule has 1 saturated heterocycles. The number of benzene rings is 2. The Labute approximate surface area is 207 Å². The van der Waals surface area contributed by atoms with Crippen molar-refractivity contribution in [3.05, 3.63) is 57.1 Å². The third kappa shape index (κ3) is 4.73. The number of rotatable bonds is 5. The summed E-state index contributed by atoms with van der Waals surface area (Å²) < 4.78 is 29.9. The molecule has 32 heavy (non-hydrogen) atoms. The van der Waals surface area contributed by atoms with E-state index in [1.807, 2.05) is 12.1 Å². The maximum Gasteiger partial charge on any atom is 0.252 e. The fourth-order valence-electron chi connectivity index (χ4n) is 4.53. The molecule has 2 fully saturated rings. The van der Waals surface area contributed by atoms with E-state index < -0.39 is 22.0 Å². The summed E-state index contributed by atoms with van der Waals surface area (Å²) in [4.78, 5) is 27.6. The number of halogens is 2. The van der Waals surface area contributed by atoms with Gasteiger partial charge in [-0.1, -0.05) is 37.3 Å². The van der Waals surface area contributed by atoms with Crippen LogP contribution in [0.25, 0.3) is 0 Å². The van der Waals surface area contributed by atoms with E-state index in [-0.39, 0.29) is 23.3 Å². The van der Waals surface area contributed by atoms with Crippen LogP contribution in [0.15, 0.2) is 53.4 Å². The smallest absolute Gasteiger partial charge is 0.252 e. The molecule has 0 spiro atoms. The van der Waals surface area contributed by atoms with Gasteiger partial charge in [0.05, 0.1) is 17.0 Å². The van der Waals surface area contributed by atoms with Crippen molar-refractivity contribution in [1.29, 1.82) is 0 Å². The second-order valence-corrected chi connectivity index (χ2v) is 11.7. The first-order valence-electron chi connectivity index (χ1n) is 10.7. The Kier molecular flexibility index (Phi) is 7.24. The number of nitrogens with zero attached hydrogens (tertiary/aromatic N) is 2. The van der Waals surface area contributed by atoms with E-state index in [9.17, 15) is 18.0 Å². The Bertz CT molecular complexity index is 1100. The van der Waals surface area contributed by atoms with E-state index in [4.69, 9.17) is 11.6 Å². The van der Waals surface area contributed by atoms with Crippen molar-refractivity contribution in [2.24, 2.45) is 0 Å². The standard InChI is InChI=1S/C23H24ClIN2O4S/c24-16-7-13-20(14-8-16)32(30,31)27(19-5-3-1-2-4-6-19)21-15-22(28)26(23(21)29)18-11-9-17(25)10-12-18/h7-14,19,21H,1-6,15H2. The second-order valence-electron chi connectivity index (χ2n) is 8.20. The topological polar surface area (TPSA) is 74.8 Å². The van der Waals surface area contributed by atoms with E-state index in [0.717, 1.165) is 34.2 Å². The van der Waals surface area contributed by atoms with Gasteiger partial charge >= 0.3 is 0 Å². The monoisotopic (exact) mass is 586 g/mol. The van der Waals surface area contributed by atoms with Gasteiger partial charge in [-0.25, -0.2) is 13.3 Å². The molecule has 1 aliphatic heterocycles. The summed E-state index contributed by atoms with van der Waals surface area (Å²) >= 11 is 8.12. The van der Waals surface area contributed by atoms with Crippen LogP contribution in [0.4, 0.5) is 5.69 Å². The number of hydrogen-bond donors (Lipinski definition) is 0. The summed E-state index contributed by atoms with van der Waals surface area (Å²) in [5, 5.41) is 0.432. The van der Waals surface area contributed by atoms with Crippen molar-refractivity contribution in [3.63, 3.8) is 0 Å². The van der Waals surface area contributed by atoms with Crippen LogP contribution in [0.5, 0.6) is 0 Å². The minimum absolute atomic E-state index is 0.0825. The van der Waals surface area contributed by atoms with Gasteiger partial charge in [-0.3, -0.25) is 9.59 Å². The van der Waals surface area contributed by atoms with Crippen molar-refractivity contribution in [1.82, 2.24) is 4.31 Å². The highest BCUT2D eigenvalue weighted by atomic mass is 127. The summed E-state index contributed by atoms with van der Waals surface area (Å²) in [6.07, 6.45) is 5.06. The second kappa shape index (κ2) is 9.79. The summed E-state index contributed by atoms with van der Waals surface area (Å²) in [5.74, 6) is -0.871. The molecule has 2 amide bonds. The normalized spacial score (nSPS) is 20.7. The third-order valence-electron chi connectivity index (χ3n) is 6.09. The van der Waals surface area contributed by atoms with Gasteiger partial charge in [0.1, 0.15) is 6.04 Å². The van der Waals surface area contributed by atoms with Gasteiger partial charge < -0.3 is 0 Å². The van der Waals surface area contributed by atoms with Crippen LogP contribution in [0.1, 0.15) is 44.9 Å². The molecular weight excluding hydrogens is 563 g/mol.